The molecular weight excluding hydrogens is 378 g/mol. The van der Waals surface area contributed by atoms with Crippen LogP contribution < -0.4 is 10.3 Å². The second-order valence-electron chi connectivity index (χ2n) is 7.63. The molecule has 0 atom stereocenters. The van der Waals surface area contributed by atoms with Crippen molar-refractivity contribution in [3.05, 3.63) is 77.0 Å². The van der Waals surface area contributed by atoms with Crippen molar-refractivity contribution in [1.82, 2.24) is 14.5 Å². The van der Waals surface area contributed by atoms with E-state index < -0.39 is 0 Å². The normalized spacial score (nSPS) is 14.8. The average molecular weight is 401 g/mol. The summed E-state index contributed by atoms with van der Waals surface area (Å²) in [5.41, 5.74) is 3.49. The smallest absolute Gasteiger partial charge is 0.250 e. The molecule has 0 bridgehead atoms. The first-order valence-corrected chi connectivity index (χ1v) is 10.2. The Morgan fingerprint density at radius 1 is 1.07 bits per heavy atom. The summed E-state index contributed by atoms with van der Waals surface area (Å²) in [5.74, 6) is 2.76. The van der Waals surface area contributed by atoms with Gasteiger partial charge in [0.15, 0.2) is 5.75 Å². The molecule has 1 N–H and O–H groups in total. The van der Waals surface area contributed by atoms with Crippen LogP contribution in [0.3, 0.4) is 0 Å². The van der Waals surface area contributed by atoms with E-state index >= 15 is 0 Å². The van der Waals surface area contributed by atoms with Gasteiger partial charge in [0.2, 0.25) is 5.56 Å². The molecule has 0 amide bonds. The van der Waals surface area contributed by atoms with Gasteiger partial charge in [0.1, 0.15) is 17.1 Å². The fourth-order valence-corrected chi connectivity index (χ4v) is 3.92. The van der Waals surface area contributed by atoms with Crippen molar-refractivity contribution in [1.29, 1.82) is 0 Å². The minimum atomic E-state index is -0.0491. The van der Waals surface area contributed by atoms with Crippen LogP contribution in [0.15, 0.2) is 65.6 Å². The molecule has 1 aliphatic heterocycles. The number of rotatable bonds is 4. The fraction of sp³-hybridized carbons (Fsp3) is 0.250. The number of aromatic amines is 1. The molecular formula is C24H23N3O3. The summed E-state index contributed by atoms with van der Waals surface area (Å²) in [4.78, 5) is 20.3. The Kier molecular flexibility index (Phi) is 4.85. The maximum atomic E-state index is 11.9. The van der Waals surface area contributed by atoms with Gasteiger partial charge in [-0.25, -0.2) is 4.98 Å². The molecule has 6 nitrogen and oxygen atoms in total. The number of imidazole rings is 1. The van der Waals surface area contributed by atoms with Gasteiger partial charge in [-0.1, -0.05) is 18.2 Å². The Morgan fingerprint density at radius 2 is 1.87 bits per heavy atom. The van der Waals surface area contributed by atoms with Crippen LogP contribution in [0.1, 0.15) is 24.6 Å². The molecule has 5 rings (SSSR count). The van der Waals surface area contributed by atoms with Gasteiger partial charge in [-0.05, 0) is 43.2 Å². The maximum absolute atomic E-state index is 11.9. The van der Waals surface area contributed by atoms with Crippen LogP contribution in [-0.2, 0) is 11.8 Å². The molecule has 6 heteroatoms. The maximum Gasteiger partial charge on any atom is 0.250 e. The van der Waals surface area contributed by atoms with Crippen molar-refractivity contribution in [2.24, 2.45) is 7.05 Å². The first kappa shape index (κ1) is 18.6. The topological polar surface area (TPSA) is 69.1 Å². The third-order valence-corrected chi connectivity index (χ3v) is 5.59. The monoisotopic (exact) mass is 401 g/mol. The highest BCUT2D eigenvalue weighted by atomic mass is 16.5. The van der Waals surface area contributed by atoms with Gasteiger partial charge in [0.25, 0.3) is 0 Å². The van der Waals surface area contributed by atoms with E-state index in [9.17, 15) is 4.79 Å². The van der Waals surface area contributed by atoms with Crippen molar-refractivity contribution >= 4 is 11.0 Å². The van der Waals surface area contributed by atoms with E-state index in [1.165, 1.54) is 0 Å². The number of benzene rings is 2. The van der Waals surface area contributed by atoms with E-state index in [0.717, 1.165) is 59.8 Å². The van der Waals surface area contributed by atoms with Gasteiger partial charge in [0, 0.05) is 49.6 Å². The van der Waals surface area contributed by atoms with Crippen molar-refractivity contribution in [2.75, 3.05) is 13.2 Å². The zero-order valence-corrected chi connectivity index (χ0v) is 16.8. The summed E-state index contributed by atoms with van der Waals surface area (Å²) in [6.45, 7) is 1.52. The predicted octanol–water partition coefficient (Wildman–Crippen LogP) is 4.61. The Bertz CT molecular complexity index is 1240. The number of pyridine rings is 1. The first-order chi connectivity index (χ1) is 14.7. The lowest BCUT2D eigenvalue weighted by Gasteiger charge is -2.19. The van der Waals surface area contributed by atoms with Crippen LogP contribution in [0.4, 0.5) is 0 Å². The molecule has 1 aliphatic rings. The second-order valence-corrected chi connectivity index (χ2v) is 7.63. The molecule has 2 aromatic carbocycles. The van der Waals surface area contributed by atoms with Gasteiger partial charge in [-0.2, -0.15) is 0 Å². The molecule has 0 spiro atoms. The van der Waals surface area contributed by atoms with Crippen LogP contribution in [-0.4, -0.2) is 27.7 Å². The molecule has 152 valence electrons. The molecule has 1 fully saturated rings. The lowest BCUT2D eigenvalue weighted by molar-refractivity contribution is 0.0838. The largest absolute Gasteiger partial charge is 0.454 e. The van der Waals surface area contributed by atoms with Gasteiger partial charge in [-0.3, -0.25) is 4.79 Å². The highest BCUT2D eigenvalue weighted by Gasteiger charge is 2.22. The molecule has 0 saturated carbocycles. The Morgan fingerprint density at radius 3 is 2.63 bits per heavy atom. The zero-order chi connectivity index (χ0) is 20.5. The number of hydrogen-bond donors (Lipinski definition) is 1. The molecule has 1 saturated heterocycles. The van der Waals surface area contributed by atoms with Gasteiger partial charge < -0.3 is 19.0 Å². The van der Waals surface area contributed by atoms with Crippen molar-refractivity contribution in [3.8, 4) is 22.6 Å². The molecule has 4 aromatic rings. The van der Waals surface area contributed by atoms with Crippen LogP contribution in [0.2, 0.25) is 0 Å². The number of fused-ring (bicyclic) bond motifs is 1. The summed E-state index contributed by atoms with van der Waals surface area (Å²) in [6, 6.07) is 17.1. The third-order valence-electron chi connectivity index (χ3n) is 5.59. The summed E-state index contributed by atoms with van der Waals surface area (Å²) >= 11 is 0. The lowest BCUT2D eigenvalue weighted by atomic mass is 10.00. The Balaban J connectivity index is 1.67. The van der Waals surface area contributed by atoms with E-state index in [2.05, 4.69) is 4.98 Å². The average Bonchev–Trinajstić information content (AvgIpc) is 3.22. The predicted molar refractivity (Wildman–Crippen MR) is 116 cm³/mol. The second kappa shape index (κ2) is 7.80. The number of nitrogens with one attached hydrogen (secondary N) is 1. The minimum Gasteiger partial charge on any atom is -0.454 e. The Labute approximate surface area is 174 Å². The quantitative estimate of drug-likeness (QED) is 0.542. The number of hydrogen-bond acceptors (Lipinski definition) is 4. The van der Waals surface area contributed by atoms with Crippen LogP contribution in [0, 0.1) is 0 Å². The van der Waals surface area contributed by atoms with Crippen molar-refractivity contribution in [3.63, 3.8) is 0 Å². The van der Waals surface area contributed by atoms with Crippen LogP contribution >= 0.6 is 0 Å². The third kappa shape index (κ3) is 3.50. The molecule has 0 radical (unpaired) electrons. The molecule has 0 unspecified atom stereocenters. The standard InChI is InChI=1S/C24H23N3O3/c1-27-15-17(7-10-21(27)28)19-8-9-20-22(23(19)30-18-5-3-2-4-6-18)26-24(25-20)16-11-13-29-14-12-16/h2-10,15-16H,11-14H2,1H3,(H,25,26). The van der Waals surface area contributed by atoms with Gasteiger partial charge in [-0.15, -0.1) is 0 Å². The zero-order valence-electron chi connectivity index (χ0n) is 16.8. The van der Waals surface area contributed by atoms with Crippen LogP contribution in [0.5, 0.6) is 11.5 Å². The molecule has 2 aromatic heterocycles. The number of aromatic nitrogens is 3. The van der Waals surface area contributed by atoms with Crippen molar-refractivity contribution < 1.29 is 9.47 Å². The molecule has 0 aliphatic carbocycles. The van der Waals surface area contributed by atoms with E-state index in [1.54, 1.807) is 17.7 Å². The first-order valence-electron chi connectivity index (χ1n) is 10.2. The van der Waals surface area contributed by atoms with Gasteiger partial charge in [0.05, 0.1) is 5.52 Å². The van der Waals surface area contributed by atoms with E-state index in [-0.39, 0.29) is 5.56 Å². The van der Waals surface area contributed by atoms with E-state index in [4.69, 9.17) is 14.5 Å². The summed E-state index contributed by atoms with van der Waals surface area (Å²) in [7, 11) is 1.75. The molecule has 30 heavy (non-hydrogen) atoms. The van der Waals surface area contributed by atoms with E-state index in [0.29, 0.717) is 11.7 Å². The van der Waals surface area contributed by atoms with Crippen LogP contribution in [0.25, 0.3) is 22.2 Å². The number of para-hydroxylation sites is 1. The highest BCUT2D eigenvalue weighted by molar-refractivity contribution is 5.91. The van der Waals surface area contributed by atoms with Crippen molar-refractivity contribution in [2.45, 2.75) is 18.8 Å². The minimum absolute atomic E-state index is 0.0491. The Hall–Kier alpha value is -3.38. The lowest BCUT2D eigenvalue weighted by Crippen LogP contribution is -2.15. The highest BCUT2D eigenvalue weighted by Crippen LogP contribution is 2.39. The summed E-state index contributed by atoms with van der Waals surface area (Å²) in [5, 5.41) is 0. The fourth-order valence-electron chi connectivity index (χ4n) is 3.92. The number of ether oxygens (including phenoxy) is 2. The SMILES string of the molecule is Cn1cc(-c2ccc3[nH]c(C4CCOCC4)nc3c2Oc2ccccc2)ccc1=O. The summed E-state index contributed by atoms with van der Waals surface area (Å²) in [6.07, 6.45) is 3.75. The number of H-pyrrole nitrogens is 1. The number of nitrogens with zero attached hydrogens (tertiary/aromatic N) is 2. The van der Waals surface area contributed by atoms with Gasteiger partial charge >= 0.3 is 0 Å². The van der Waals surface area contributed by atoms with E-state index in [1.807, 2.05) is 54.7 Å². The molecule has 3 heterocycles. The number of aryl methyl sites for hydroxylation is 1. The summed E-state index contributed by atoms with van der Waals surface area (Å²) < 4.78 is 13.4.